The van der Waals surface area contributed by atoms with Gasteiger partial charge in [0.25, 0.3) is 0 Å². The van der Waals surface area contributed by atoms with Gasteiger partial charge in [0.1, 0.15) is 6.04 Å². The molecule has 1 unspecified atom stereocenters. The van der Waals surface area contributed by atoms with Crippen LogP contribution in [-0.2, 0) is 4.79 Å². The van der Waals surface area contributed by atoms with E-state index in [1.165, 1.54) is 26.1 Å². The van der Waals surface area contributed by atoms with Crippen molar-refractivity contribution in [3.05, 3.63) is 0 Å². The number of hydrogen-bond donors (Lipinski definition) is 2. The van der Waals surface area contributed by atoms with Crippen LogP contribution in [0.1, 0.15) is 19.8 Å². The lowest BCUT2D eigenvalue weighted by Gasteiger charge is -2.35. The van der Waals surface area contributed by atoms with Gasteiger partial charge in [0.2, 0.25) is 0 Å². The molecule has 0 saturated carbocycles. The third-order valence-corrected chi connectivity index (χ3v) is 4.69. The van der Waals surface area contributed by atoms with Gasteiger partial charge in [-0.1, -0.05) is 0 Å². The van der Waals surface area contributed by atoms with E-state index in [0.29, 0.717) is 0 Å². The lowest BCUT2D eigenvalue weighted by Crippen LogP contribution is -2.49. The first kappa shape index (κ1) is 16.7. The minimum atomic E-state index is -0.718. The first-order valence-electron chi connectivity index (χ1n) is 8.29. The Labute approximate surface area is 128 Å². The normalized spacial score (nSPS) is 31.5. The molecule has 3 saturated heterocycles. The summed E-state index contributed by atoms with van der Waals surface area (Å²) in [6.07, 6.45) is 2.23. The second-order valence-electron chi connectivity index (χ2n) is 6.19. The van der Waals surface area contributed by atoms with Gasteiger partial charge in [0.05, 0.1) is 0 Å². The third kappa shape index (κ3) is 5.54. The quantitative estimate of drug-likeness (QED) is 0.734. The highest BCUT2D eigenvalue weighted by atomic mass is 16.4. The van der Waals surface area contributed by atoms with E-state index in [-0.39, 0.29) is 0 Å². The average Bonchev–Trinajstić information content (AvgIpc) is 2.49. The van der Waals surface area contributed by atoms with E-state index in [9.17, 15) is 9.90 Å². The van der Waals surface area contributed by atoms with Gasteiger partial charge in [-0.25, -0.2) is 0 Å². The number of carboxylic acids is 1. The summed E-state index contributed by atoms with van der Waals surface area (Å²) >= 11 is 0. The monoisotopic (exact) mass is 298 g/mol. The van der Waals surface area contributed by atoms with Gasteiger partial charge in [-0.05, 0) is 39.4 Å². The summed E-state index contributed by atoms with van der Waals surface area (Å²) in [5, 5.41) is 12.7. The first-order valence-corrected chi connectivity index (χ1v) is 8.29. The van der Waals surface area contributed by atoms with E-state index in [4.69, 9.17) is 0 Å². The van der Waals surface area contributed by atoms with Crippen LogP contribution in [0.15, 0.2) is 0 Å². The lowest BCUT2D eigenvalue weighted by atomic mass is 10.2. The number of carbonyl (C=O) groups is 1. The SMILES string of the molecule is CC(C(=O)O)N1CCCN2CCN(CCCNCC1)CC2. The van der Waals surface area contributed by atoms with Crippen LogP contribution in [0.4, 0.5) is 0 Å². The zero-order valence-corrected chi connectivity index (χ0v) is 13.3. The smallest absolute Gasteiger partial charge is 0.320 e. The van der Waals surface area contributed by atoms with Gasteiger partial charge in [0, 0.05) is 45.8 Å². The number of carboxylic acid groups (broad SMARTS) is 1. The zero-order chi connectivity index (χ0) is 15.1. The van der Waals surface area contributed by atoms with E-state index < -0.39 is 12.0 Å². The van der Waals surface area contributed by atoms with Gasteiger partial charge in [-0.15, -0.1) is 0 Å². The fourth-order valence-electron chi connectivity index (χ4n) is 3.16. The van der Waals surface area contributed by atoms with Crippen LogP contribution in [0, 0.1) is 0 Å². The minimum absolute atomic E-state index is 0.392. The highest BCUT2D eigenvalue weighted by Gasteiger charge is 2.21. The lowest BCUT2D eigenvalue weighted by molar-refractivity contribution is -0.142. The molecule has 3 rings (SSSR count). The van der Waals surface area contributed by atoms with Crippen LogP contribution < -0.4 is 5.32 Å². The molecule has 0 aliphatic carbocycles. The number of rotatable bonds is 2. The summed E-state index contributed by atoms with van der Waals surface area (Å²) < 4.78 is 0. The summed E-state index contributed by atoms with van der Waals surface area (Å²) in [7, 11) is 0. The van der Waals surface area contributed by atoms with E-state index in [0.717, 1.165) is 52.2 Å². The molecule has 0 aromatic carbocycles. The van der Waals surface area contributed by atoms with Gasteiger partial charge in [-0.2, -0.15) is 0 Å². The molecule has 3 aliphatic rings. The molecular weight excluding hydrogens is 268 g/mol. The number of hydrogen-bond acceptors (Lipinski definition) is 5. The molecule has 6 heteroatoms. The van der Waals surface area contributed by atoms with Crippen molar-refractivity contribution in [2.24, 2.45) is 0 Å². The number of fused-ring (bicyclic) bond motifs is 11. The minimum Gasteiger partial charge on any atom is -0.480 e. The molecule has 3 heterocycles. The summed E-state index contributed by atoms with van der Waals surface area (Å²) in [5.74, 6) is -0.718. The van der Waals surface area contributed by atoms with Crippen LogP contribution >= 0.6 is 0 Å². The predicted molar refractivity (Wildman–Crippen MR) is 83.7 cm³/mol. The van der Waals surface area contributed by atoms with Crippen LogP contribution in [0.5, 0.6) is 0 Å². The molecule has 0 spiro atoms. The average molecular weight is 298 g/mol. The molecule has 122 valence electrons. The number of aliphatic carboxylic acids is 1. The Hall–Kier alpha value is -0.690. The Bertz CT molecular complexity index is 316. The van der Waals surface area contributed by atoms with E-state index in [1.807, 2.05) is 0 Å². The molecule has 0 radical (unpaired) electrons. The molecule has 3 fully saturated rings. The molecule has 1 atom stereocenters. The zero-order valence-electron chi connectivity index (χ0n) is 13.3. The Morgan fingerprint density at radius 1 is 0.905 bits per heavy atom. The highest BCUT2D eigenvalue weighted by Crippen LogP contribution is 2.06. The van der Waals surface area contributed by atoms with Crippen molar-refractivity contribution in [2.75, 3.05) is 65.4 Å². The standard InChI is InChI=1S/C15H30N4O2/c1-14(15(20)21)19-8-3-7-18-12-10-17(11-13-18)6-2-4-16-5-9-19/h14,16H,2-13H2,1H3,(H,20,21). The van der Waals surface area contributed by atoms with E-state index in [2.05, 4.69) is 20.0 Å². The summed E-state index contributed by atoms with van der Waals surface area (Å²) in [6, 6.07) is -0.392. The second-order valence-corrected chi connectivity index (χ2v) is 6.19. The fraction of sp³-hybridized carbons (Fsp3) is 0.933. The van der Waals surface area contributed by atoms with Crippen LogP contribution in [0.25, 0.3) is 0 Å². The fourth-order valence-corrected chi connectivity index (χ4v) is 3.16. The second kappa shape index (κ2) is 8.68. The number of nitrogens with zero attached hydrogens (tertiary/aromatic N) is 3. The Balaban J connectivity index is 1.87. The highest BCUT2D eigenvalue weighted by molar-refractivity contribution is 5.72. The number of piperazine rings is 1. The molecule has 2 bridgehead atoms. The summed E-state index contributed by atoms with van der Waals surface area (Å²) in [5.41, 5.74) is 0. The Kier molecular flexibility index (Phi) is 6.89. The van der Waals surface area contributed by atoms with Crippen molar-refractivity contribution in [3.63, 3.8) is 0 Å². The maximum atomic E-state index is 11.2. The number of nitrogens with one attached hydrogen (secondary N) is 1. The van der Waals surface area contributed by atoms with Gasteiger partial charge in [0.15, 0.2) is 0 Å². The van der Waals surface area contributed by atoms with Crippen molar-refractivity contribution < 1.29 is 9.90 Å². The molecule has 0 amide bonds. The van der Waals surface area contributed by atoms with Crippen LogP contribution in [-0.4, -0.2) is 97.3 Å². The third-order valence-electron chi connectivity index (χ3n) is 4.69. The maximum Gasteiger partial charge on any atom is 0.320 e. The Morgan fingerprint density at radius 2 is 1.52 bits per heavy atom. The molecule has 21 heavy (non-hydrogen) atoms. The van der Waals surface area contributed by atoms with Crippen molar-refractivity contribution in [1.29, 1.82) is 0 Å². The van der Waals surface area contributed by atoms with Crippen molar-refractivity contribution in [1.82, 2.24) is 20.0 Å². The first-order chi connectivity index (χ1) is 10.2. The van der Waals surface area contributed by atoms with E-state index >= 15 is 0 Å². The van der Waals surface area contributed by atoms with Crippen molar-refractivity contribution in [2.45, 2.75) is 25.8 Å². The molecule has 0 aromatic heterocycles. The summed E-state index contributed by atoms with van der Waals surface area (Å²) in [4.78, 5) is 18.4. The molecular formula is C15H30N4O2. The predicted octanol–water partition coefficient (Wildman–Crippen LogP) is -0.237. The van der Waals surface area contributed by atoms with Crippen LogP contribution in [0.3, 0.4) is 0 Å². The maximum absolute atomic E-state index is 11.2. The van der Waals surface area contributed by atoms with E-state index in [1.54, 1.807) is 6.92 Å². The molecule has 3 aliphatic heterocycles. The van der Waals surface area contributed by atoms with Crippen molar-refractivity contribution in [3.8, 4) is 0 Å². The summed E-state index contributed by atoms with van der Waals surface area (Å²) in [6.45, 7) is 12.3. The van der Waals surface area contributed by atoms with Gasteiger partial charge < -0.3 is 20.2 Å². The molecule has 6 nitrogen and oxygen atoms in total. The van der Waals surface area contributed by atoms with Crippen molar-refractivity contribution >= 4 is 5.97 Å². The largest absolute Gasteiger partial charge is 0.480 e. The van der Waals surface area contributed by atoms with Gasteiger partial charge >= 0.3 is 5.97 Å². The van der Waals surface area contributed by atoms with Crippen LogP contribution in [0.2, 0.25) is 0 Å². The topological polar surface area (TPSA) is 59.1 Å². The van der Waals surface area contributed by atoms with Gasteiger partial charge in [-0.3, -0.25) is 9.69 Å². The Morgan fingerprint density at radius 3 is 2.14 bits per heavy atom. The molecule has 0 aromatic rings. The molecule has 2 N–H and O–H groups in total.